The smallest absolute Gasteiger partial charge is 0.330 e. The number of primary amides is 1. The lowest BCUT2D eigenvalue weighted by Crippen LogP contribution is -2.10. The Bertz CT molecular complexity index is 438. The summed E-state index contributed by atoms with van der Waals surface area (Å²) in [6.45, 7) is 2.62. The molecular weight excluding hydrogens is 232 g/mol. The van der Waals surface area contributed by atoms with E-state index in [0.717, 1.165) is 5.69 Å². The van der Waals surface area contributed by atoms with Crippen molar-refractivity contribution < 1.29 is 14.3 Å². The zero-order valence-corrected chi connectivity index (χ0v) is 10.2. The van der Waals surface area contributed by atoms with Gasteiger partial charge in [0.25, 0.3) is 0 Å². The van der Waals surface area contributed by atoms with E-state index in [2.05, 4.69) is 5.32 Å². The van der Waals surface area contributed by atoms with Crippen molar-refractivity contribution in [1.82, 2.24) is 0 Å². The van der Waals surface area contributed by atoms with Gasteiger partial charge in [0.15, 0.2) is 0 Å². The Labute approximate surface area is 106 Å². The van der Waals surface area contributed by atoms with Crippen LogP contribution in [-0.4, -0.2) is 25.0 Å². The maximum Gasteiger partial charge on any atom is 0.330 e. The van der Waals surface area contributed by atoms with Crippen molar-refractivity contribution in [3.05, 3.63) is 42.0 Å². The summed E-state index contributed by atoms with van der Waals surface area (Å²) in [5.41, 5.74) is 6.43. The van der Waals surface area contributed by atoms with Gasteiger partial charge in [-0.05, 0) is 31.2 Å². The van der Waals surface area contributed by atoms with Gasteiger partial charge < -0.3 is 15.8 Å². The monoisotopic (exact) mass is 248 g/mol. The molecule has 0 bridgehead atoms. The van der Waals surface area contributed by atoms with Crippen LogP contribution in [-0.2, 0) is 9.53 Å². The number of rotatable bonds is 6. The number of amides is 1. The van der Waals surface area contributed by atoms with Crippen molar-refractivity contribution in [2.75, 3.05) is 18.5 Å². The Morgan fingerprint density at radius 3 is 2.56 bits per heavy atom. The molecule has 5 nitrogen and oxygen atoms in total. The van der Waals surface area contributed by atoms with Gasteiger partial charge >= 0.3 is 5.97 Å². The summed E-state index contributed by atoms with van der Waals surface area (Å²) in [6, 6.07) is 6.77. The van der Waals surface area contributed by atoms with E-state index in [9.17, 15) is 9.59 Å². The lowest BCUT2D eigenvalue weighted by molar-refractivity contribution is -0.137. The predicted octanol–water partition coefficient (Wildman–Crippen LogP) is 1.32. The van der Waals surface area contributed by atoms with Crippen LogP contribution < -0.4 is 11.1 Å². The number of esters is 1. The summed E-state index contributed by atoms with van der Waals surface area (Å²) in [5, 5.41) is 3.06. The number of nitrogens with one attached hydrogen (secondary N) is 1. The molecule has 1 amide bonds. The maximum absolute atomic E-state index is 11.0. The van der Waals surface area contributed by atoms with Crippen molar-refractivity contribution in [1.29, 1.82) is 0 Å². The van der Waals surface area contributed by atoms with Crippen LogP contribution >= 0.6 is 0 Å². The van der Waals surface area contributed by atoms with Crippen molar-refractivity contribution in [3.8, 4) is 0 Å². The van der Waals surface area contributed by atoms with E-state index >= 15 is 0 Å². The van der Waals surface area contributed by atoms with Gasteiger partial charge in [-0.1, -0.05) is 6.08 Å². The van der Waals surface area contributed by atoms with Gasteiger partial charge in [0.2, 0.25) is 5.91 Å². The summed E-state index contributed by atoms with van der Waals surface area (Å²) in [6.07, 6.45) is 3.04. The Kier molecular flexibility index (Phi) is 5.44. The van der Waals surface area contributed by atoms with Crippen LogP contribution in [0.3, 0.4) is 0 Å². The normalized spacial score (nSPS) is 10.3. The first-order chi connectivity index (χ1) is 8.63. The van der Waals surface area contributed by atoms with Gasteiger partial charge in [0.1, 0.15) is 0 Å². The first-order valence-corrected chi connectivity index (χ1v) is 5.60. The Hall–Kier alpha value is -2.30. The molecular formula is C13H16N2O3. The maximum atomic E-state index is 11.0. The third-order valence-corrected chi connectivity index (χ3v) is 2.13. The van der Waals surface area contributed by atoms with Crippen LogP contribution in [0.15, 0.2) is 36.4 Å². The van der Waals surface area contributed by atoms with Crippen molar-refractivity contribution in [3.63, 3.8) is 0 Å². The number of hydrogen-bond acceptors (Lipinski definition) is 4. The van der Waals surface area contributed by atoms with Crippen LogP contribution in [0.1, 0.15) is 17.3 Å². The highest BCUT2D eigenvalue weighted by Crippen LogP contribution is 2.08. The predicted molar refractivity (Wildman–Crippen MR) is 69.2 cm³/mol. The van der Waals surface area contributed by atoms with Gasteiger partial charge in [-0.2, -0.15) is 0 Å². The second-order valence-corrected chi connectivity index (χ2v) is 3.48. The van der Waals surface area contributed by atoms with Crippen molar-refractivity contribution >= 4 is 17.6 Å². The Balaban J connectivity index is 2.40. The van der Waals surface area contributed by atoms with Crippen molar-refractivity contribution in [2.45, 2.75) is 6.92 Å². The number of carbonyl (C=O) groups excluding carboxylic acids is 2. The van der Waals surface area contributed by atoms with E-state index in [4.69, 9.17) is 10.5 Å². The molecule has 1 aromatic rings. The quantitative estimate of drug-likeness (QED) is 0.587. The average Bonchev–Trinajstić information content (AvgIpc) is 2.35. The number of nitrogens with two attached hydrogens (primary N) is 1. The molecule has 0 aliphatic heterocycles. The second-order valence-electron chi connectivity index (χ2n) is 3.48. The van der Waals surface area contributed by atoms with Gasteiger partial charge in [0, 0.05) is 23.9 Å². The highest BCUT2D eigenvalue weighted by atomic mass is 16.5. The fraction of sp³-hybridized carbons (Fsp3) is 0.231. The average molecular weight is 248 g/mol. The highest BCUT2D eigenvalue weighted by molar-refractivity contribution is 5.93. The second kappa shape index (κ2) is 7.11. The highest BCUT2D eigenvalue weighted by Gasteiger charge is 1.98. The van der Waals surface area contributed by atoms with E-state index in [0.29, 0.717) is 18.7 Å². The third-order valence-electron chi connectivity index (χ3n) is 2.13. The summed E-state index contributed by atoms with van der Waals surface area (Å²) >= 11 is 0. The van der Waals surface area contributed by atoms with E-state index in [1.54, 1.807) is 37.3 Å². The molecule has 0 fully saturated rings. The fourth-order valence-electron chi connectivity index (χ4n) is 1.27. The minimum absolute atomic E-state index is 0.358. The molecule has 0 saturated carbocycles. The van der Waals surface area contributed by atoms with Crippen LogP contribution in [0.25, 0.3) is 0 Å². The fourth-order valence-corrected chi connectivity index (χ4v) is 1.27. The minimum Gasteiger partial charge on any atom is -0.463 e. The van der Waals surface area contributed by atoms with Crippen LogP contribution in [0, 0.1) is 0 Å². The summed E-state index contributed by atoms with van der Waals surface area (Å²) in [4.78, 5) is 21.8. The van der Waals surface area contributed by atoms with Gasteiger partial charge in [-0.25, -0.2) is 4.79 Å². The molecule has 1 rings (SSSR count). The molecule has 0 aliphatic carbocycles. The summed E-state index contributed by atoms with van der Waals surface area (Å²) in [5.74, 6) is -0.813. The number of hydrogen-bond donors (Lipinski definition) is 2. The molecule has 0 unspecified atom stereocenters. The zero-order chi connectivity index (χ0) is 13.4. The molecule has 5 heteroatoms. The number of carbonyl (C=O) groups is 2. The van der Waals surface area contributed by atoms with Gasteiger partial charge in [0.05, 0.1) is 6.61 Å². The topological polar surface area (TPSA) is 81.4 Å². The molecule has 96 valence electrons. The van der Waals surface area contributed by atoms with Crippen molar-refractivity contribution in [2.24, 2.45) is 5.73 Å². The van der Waals surface area contributed by atoms with E-state index in [1.807, 2.05) is 0 Å². The lowest BCUT2D eigenvalue weighted by Gasteiger charge is -2.03. The van der Waals surface area contributed by atoms with Gasteiger partial charge in [-0.3, -0.25) is 4.79 Å². The molecule has 18 heavy (non-hydrogen) atoms. The first-order valence-electron chi connectivity index (χ1n) is 5.60. The molecule has 3 N–H and O–H groups in total. The third kappa shape index (κ3) is 4.69. The number of benzene rings is 1. The zero-order valence-electron chi connectivity index (χ0n) is 10.2. The first kappa shape index (κ1) is 13.8. The largest absolute Gasteiger partial charge is 0.463 e. The summed E-state index contributed by atoms with van der Waals surface area (Å²) in [7, 11) is 0. The molecule has 0 aromatic heterocycles. The molecule has 0 radical (unpaired) electrons. The molecule has 0 saturated heterocycles. The number of anilines is 1. The van der Waals surface area contributed by atoms with Crippen LogP contribution in [0.2, 0.25) is 0 Å². The molecule has 0 heterocycles. The molecule has 1 aromatic carbocycles. The lowest BCUT2D eigenvalue weighted by atomic mass is 10.2. The Morgan fingerprint density at radius 1 is 1.33 bits per heavy atom. The van der Waals surface area contributed by atoms with E-state index in [-0.39, 0.29) is 5.97 Å². The molecule has 0 spiro atoms. The molecule has 0 aliphatic rings. The van der Waals surface area contributed by atoms with E-state index in [1.165, 1.54) is 6.08 Å². The summed E-state index contributed by atoms with van der Waals surface area (Å²) < 4.78 is 4.73. The minimum atomic E-state index is -0.455. The van der Waals surface area contributed by atoms with Gasteiger partial charge in [-0.15, -0.1) is 0 Å². The molecule has 0 atom stereocenters. The Morgan fingerprint density at radius 2 is 2.00 bits per heavy atom. The SMILES string of the molecule is CCOC(=O)/C=C/CNc1ccc(C(N)=O)cc1. The number of ether oxygens (including phenoxy) is 1. The van der Waals surface area contributed by atoms with Crippen LogP contribution in [0.5, 0.6) is 0 Å². The van der Waals surface area contributed by atoms with E-state index < -0.39 is 5.91 Å². The standard InChI is InChI=1S/C13H16N2O3/c1-2-18-12(16)4-3-9-15-11-7-5-10(6-8-11)13(14)17/h3-8,15H,2,9H2,1H3,(H2,14,17)/b4-3+. The van der Waals surface area contributed by atoms with Crippen LogP contribution in [0.4, 0.5) is 5.69 Å².